The van der Waals surface area contributed by atoms with Gasteiger partial charge in [-0.25, -0.2) is 0 Å². The fourth-order valence-corrected chi connectivity index (χ4v) is 6.79. The first-order valence-corrected chi connectivity index (χ1v) is 14.9. The standard InChI is InChI=1S/C33H32F3N3O2S/c34-33(35,36)24-12-13-31-28(22-24)39(27-10-3-4-11-30(27)42-31)16-6-15-38-19-17-37(18-20-38)14-5-7-23-21-29(40)25-8-1-2-9-26(25)32(23)41/h1-5,7-13,21-22,40-41H,6,14-20H2. The van der Waals surface area contributed by atoms with Crippen molar-refractivity contribution < 1.29 is 23.4 Å². The van der Waals surface area contributed by atoms with E-state index in [-0.39, 0.29) is 11.5 Å². The van der Waals surface area contributed by atoms with E-state index in [0.29, 0.717) is 28.6 Å². The van der Waals surface area contributed by atoms with Crippen molar-refractivity contribution in [1.82, 2.24) is 9.80 Å². The van der Waals surface area contributed by atoms with Crippen LogP contribution in [0.2, 0.25) is 0 Å². The molecule has 0 aromatic heterocycles. The van der Waals surface area contributed by atoms with Crippen molar-refractivity contribution in [3.63, 3.8) is 0 Å². The number of aromatic hydroxyl groups is 2. The maximum absolute atomic E-state index is 13.5. The molecule has 0 spiro atoms. The minimum Gasteiger partial charge on any atom is -0.507 e. The summed E-state index contributed by atoms with van der Waals surface area (Å²) in [6.45, 7) is 5.88. The van der Waals surface area contributed by atoms with Gasteiger partial charge in [-0.2, -0.15) is 13.2 Å². The van der Waals surface area contributed by atoms with E-state index in [1.54, 1.807) is 24.3 Å². The molecule has 0 atom stereocenters. The number of nitrogens with zero attached hydrogens (tertiary/aromatic N) is 3. The van der Waals surface area contributed by atoms with Gasteiger partial charge in [0, 0.05) is 65.4 Å². The zero-order chi connectivity index (χ0) is 29.3. The molecule has 0 bridgehead atoms. The molecule has 9 heteroatoms. The maximum atomic E-state index is 13.5. The highest BCUT2D eigenvalue weighted by Gasteiger charge is 2.33. The molecular formula is C33H32F3N3O2S. The lowest BCUT2D eigenvalue weighted by atomic mass is 10.0. The number of piperazine rings is 1. The van der Waals surface area contributed by atoms with Crippen molar-refractivity contribution in [3.8, 4) is 11.5 Å². The van der Waals surface area contributed by atoms with E-state index in [9.17, 15) is 23.4 Å². The van der Waals surface area contributed by atoms with Gasteiger partial charge in [-0.05, 0) is 49.4 Å². The summed E-state index contributed by atoms with van der Waals surface area (Å²) >= 11 is 1.52. The summed E-state index contributed by atoms with van der Waals surface area (Å²) in [5, 5.41) is 22.2. The van der Waals surface area contributed by atoms with Gasteiger partial charge in [-0.1, -0.05) is 60.3 Å². The molecule has 0 unspecified atom stereocenters. The van der Waals surface area contributed by atoms with Gasteiger partial charge >= 0.3 is 6.18 Å². The van der Waals surface area contributed by atoms with Crippen LogP contribution >= 0.6 is 11.8 Å². The molecule has 5 nitrogen and oxygen atoms in total. The molecule has 42 heavy (non-hydrogen) atoms. The monoisotopic (exact) mass is 591 g/mol. The lowest BCUT2D eigenvalue weighted by Crippen LogP contribution is -2.46. The van der Waals surface area contributed by atoms with Gasteiger partial charge in [0.1, 0.15) is 11.5 Å². The number of fused-ring (bicyclic) bond motifs is 3. The molecule has 2 heterocycles. The number of hydrogen-bond acceptors (Lipinski definition) is 6. The third-order valence-corrected chi connectivity index (χ3v) is 9.09. The van der Waals surface area contributed by atoms with E-state index >= 15 is 0 Å². The van der Waals surface area contributed by atoms with E-state index in [0.717, 1.165) is 61.2 Å². The number of alkyl halides is 3. The van der Waals surface area contributed by atoms with Crippen LogP contribution < -0.4 is 4.90 Å². The molecule has 0 amide bonds. The van der Waals surface area contributed by atoms with E-state index in [1.165, 1.54) is 23.9 Å². The summed E-state index contributed by atoms with van der Waals surface area (Å²) < 4.78 is 40.5. The van der Waals surface area contributed by atoms with Gasteiger partial charge in [-0.15, -0.1) is 0 Å². The van der Waals surface area contributed by atoms with Gasteiger partial charge < -0.3 is 20.0 Å². The Morgan fingerprint density at radius 3 is 2.24 bits per heavy atom. The first kappa shape index (κ1) is 28.5. The van der Waals surface area contributed by atoms with Crippen molar-refractivity contribution in [3.05, 3.63) is 90.0 Å². The highest BCUT2D eigenvalue weighted by atomic mass is 32.2. The molecule has 2 aliphatic heterocycles. The minimum absolute atomic E-state index is 0.146. The Hall–Kier alpha value is -3.66. The number of phenolic OH excluding ortho intramolecular Hbond substituents is 2. The summed E-state index contributed by atoms with van der Waals surface area (Å²) in [4.78, 5) is 8.69. The number of rotatable bonds is 7. The van der Waals surface area contributed by atoms with Crippen LogP contribution in [0.5, 0.6) is 11.5 Å². The zero-order valence-corrected chi connectivity index (χ0v) is 23.8. The Bertz CT molecular complexity index is 1620. The van der Waals surface area contributed by atoms with Gasteiger partial charge in [0.25, 0.3) is 0 Å². The van der Waals surface area contributed by atoms with Gasteiger partial charge in [0.05, 0.1) is 16.9 Å². The average Bonchev–Trinajstić information content (AvgIpc) is 2.99. The fourth-order valence-electron chi connectivity index (χ4n) is 5.71. The second-order valence-electron chi connectivity index (χ2n) is 10.7. The molecule has 6 rings (SSSR count). The van der Waals surface area contributed by atoms with Crippen LogP contribution in [0.4, 0.5) is 24.5 Å². The Balaban J connectivity index is 1.04. The Morgan fingerprint density at radius 2 is 1.45 bits per heavy atom. The molecule has 4 aromatic rings. The lowest BCUT2D eigenvalue weighted by molar-refractivity contribution is -0.137. The first-order chi connectivity index (χ1) is 20.3. The van der Waals surface area contributed by atoms with Crippen molar-refractivity contribution in [1.29, 1.82) is 0 Å². The van der Waals surface area contributed by atoms with E-state index in [2.05, 4.69) is 9.80 Å². The minimum atomic E-state index is -4.38. The van der Waals surface area contributed by atoms with Gasteiger partial charge in [0.15, 0.2) is 0 Å². The number of hydrogen-bond donors (Lipinski definition) is 2. The molecule has 2 aliphatic rings. The second-order valence-corrected chi connectivity index (χ2v) is 11.8. The number of phenols is 2. The van der Waals surface area contributed by atoms with Crippen LogP contribution in [0.15, 0.2) is 88.7 Å². The normalized spacial score (nSPS) is 16.2. The van der Waals surface area contributed by atoms with Crippen molar-refractivity contribution in [2.45, 2.75) is 22.4 Å². The fraction of sp³-hybridized carbons (Fsp3) is 0.273. The van der Waals surface area contributed by atoms with Crippen molar-refractivity contribution in [2.75, 3.05) is 50.7 Å². The largest absolute Gasteiger partial charge is 0.507 e. The van der Waals surface area contributed by atoms with Crippen LogP contribution in [-0.2, 0) is 6.18 Å². The second kappa shape index (κ2) is 11.9. The topological polar surface area (TPSA) is 50.2 Å². The predicted octanol–water partition coefficient (Wildman–Crippen LogP) is 7.59. The SMILES string of the molecule is Oc1cc(C=CCN2CCN(CCCN3c4ccccc4Sc4ccc(C(F)(F)F)cc43)CC2)c(O)c2ccccc12. The summed E-state index contributed by atoms with van der Waals surface area (Å²) in [6, 6.07) is 20.8. The van der Waals surface area contributed by atoms with Crippen LogP contribution in [0.1, 0.15) is 17.5 Å². The molecule has 0 saturated carbocycles. The Morgan fingerprint density at radius 1 is 0.762 bits per heavy atom. The third-order valence-electron chi connectivity index (χ3n) is 7.96. The zero-order valence-electron chi connectivity index (χ0n) is 23.0. The van der Waals surface area contributed by atoms with E-state index in [1.807, 2.05) is 53.5 Å². The molecular weight excluding hydrogens is 559 g/mol. The first-order valence-electron chi connectivity index (χ1n) is 14.1. The molecule has 218 valence electrons. The Labute approximate surface area is 247 Å². The summed E-state index contributed by atoms with van der Waals surface area (Å²) in [5.41, 5.74) is 1.54. The summed E-state index contributed by atoms with van der Waals surface area (Å²) in [7, 11) is 0. The van der Waals surface area contributed by atoms with E-state index < -0.39 is 11.7 Å². The Kier molecular flexibility index (Phi) is 8.07. The lowest BCUT2D eigenvalue weighted by Gasteiger charge is -2.36. The number of para-hydroxylation sites is 1. The molecule has 1 saturated heterocycles. The van der Waals surface area contributed by atoms with Gasteiger partial charge in [0.2, 0.25) is 0 Å². The van der Waals surface area contributed by atoms with Gasteiger partial charge in [-0.3, -0.25) is 4.90 Å². The number of halogens is 3. The average molecular weight is 592 g/mol. The van der Waals surface area contributed by atoms with E-state index in [4.69, 9.17) is 0 Å². The summed E-state index contributed by atoms with van der Waals surface area (Å²) in [5.74, 6) is 0.310. The van der Waals surface area contributed by atoms with Crippen LogP contribution in [0, 0.1) is 0 Å². The number of anilines is 2. The molecule has 2 N–H and O–H groups in total. The maximum Gasteiger partial charge on any atom is 0.416 e. The third kappa shape index (κ3) is 5.95. The highest BCUT2D eigenvalue weighted by molar-refractivity contribution is 7.99. The smallest absolute Gasteiger partial charge is 0.416 e. The summed E-state index contributed by atoms with van der Waals surface area (Å²) in [6.07, 6.45) is 0.316. The predicted molar refractivity (Wildman–Crippen MR) is 163 cm³/mol. The molecule has 1 fully saturated rings. The molecule has 0 radical (unpaired) electrons. The molecule has 0 aliphatic carbocycles. The highest BCUT2D eigenvalue weighted by Crippen LogP contribution is 2.49. The van der Waals surface area contributed by atoms with Crippen molar-refractivity contribution >= 4 is 40.0 Å². The van der Waals surface area contributed by atoms with Crippen molar-refractivity contribution in [2.24, 2.45) is 0 Å². The van der Waals surface area contributed by atoms with Crippen LogP contribution in [0.25, 0.3) is 16.8 Å². The van der Waals surface area contributed by atoms with Crippen LogP contribution in [0.3, 0.4) is 0 Å². The number of benzene rings is 4. The quantitative estimate of drug-likeness (QED) is 0.216. The molecule has 4 aromatic carbocycles. The van der Waals surface area contributed by atoms with Crippen LogP contribution in [-0.4, -0.2) is 65.8 Å².